The molecule has 0 aromatic carbocycles. The van der Waals surface area contributed by atoms with Gasteiger partial charge in [0.05, 0.1) is 6.61 Å². The molecule has 0 bridgehead atoms. The van der Waals surface area contributed by atoms with E-state index < -0.39 is 0 Å². The quantitative estimate of drug-likeness (QED) is 0.587. The Morgan fingerprint density at radius 2 is 2.29 bits per heavy atom. The molecule has 1 heterocycles. The van der Waals surface area contributed by atoms with E-state index in [9.17, 15) is 4.79 Å². The predicted octanol–water partition coefficient (Wildman–Crippen LogP) is 2.45. The summed E-state index contributed by atoms with van der Waals surface area (Å²) in [5.41, 5.74) is 0.384. The van der Waals surface area contributed by atoms with E-state index in [-0.39, 0.29) is 5.97 Å². The lowest BCUT2D eigenvalue weighted by Crippen LogP contribution is -2.46. The number of carbonyl (C=O) groups excluding carboxylic acids is 1. The zero-order valence-electron chi connectivity index (χ0n) is 11.3. The first-order valence-corrected chi connectivity index (χ1v) is 7.68. The fraction of sp³-hybridized carbons (Fsp3) is 0.923. The van der Waals surface area contributed by atoms with Crippen LogP contribution in [0.25, 0.3) is 0 Å². The van der Waals surface area contributed by atoms with Crippen LogP contribution in [0, 0.1) is 5.41 Å². The minimum absolute atomic E-state index is 0.0772. The van der Waals surface area contributed by atoms with Crippen LogP contribution in [0.5, 0.6) is 0 Å². The van der Waals surface area contributed by atoms with Crippen molar-refractivity contribution >= 4 is 17.7 Å². The van der Waals surface area contributed by atoms with Gasteiger partial charge in [0.25, 0.3) is 0 Å². The summed E-state index contributed by atoms with van der Waals surface area (Å²) in [7, 11) is 0. The molecule has 3 nitrogen and oxygen atoms in total. The smallest absolute Gasteiger partial charge is 0.305 e. The second-order valence-corrected chi connectivity index (χ2v) is 6.38. The summed E-state index contributed by atoms with van der Waals surface area (Å²) in [6, 6.07) is 0.573. The van der Waals surface area contributed by atoms with Crippen LogP contribution in [0.2, 0.25) is 0 Å². The van der Waals surface area contributed by atoms with Gasteiger partial charge < -0.3 is 10.1 Å². The molecule has 0 radical (unpaired) electrons. The van der Waals surface area contributed by atoms with Crippen LogP contribution in [0.3, 0.4) is 0 Å². The van der Waals surface area contributed by atoms with Gasteiger partial charge >= 0.3 is 5.97 Å². The second-order valence-electron chi connectivity index (χ2n) is 5.23. The number of ether oxygens (including phenoxy) is 1. The zero-order valence-corrected chi connectivity index (χ0v) is 12.1. The fourth-order valence-corrected chi connectivity index (χ4v) is 3.66. The highest BCUT2D eigenvalue weighted by Gasteiger charge is 2.31. The summed E-state index contributed by atoms with van der Waals surface area (Å²) in [6.07, 6.45) is 2.67. The third-order valence-electron chi connectivity index (χ3n) is 3.37. The standard InChI is InChI=1S/C13H25NO2S/c1-4-16-12(15)6-5-8-14-11-10-17-9-7-13(11,2)3/h11,14H,4-10H2,1-3H3. The summed E-state index contributed by atoms with van der Waals surface area (Å²) in [5, 5.41) is 3.58. The maximum absolute atomic E-state index is 11.2. The number of hydrogen-bond acceptors (Lipinski definition) is 4. The molecule has 100 valence electrons. The van der Waals surface area contributed by atoms with Gasteiger partial charge in [-0.2, -0.15) is 11.8 Å². The number of carbonyl (C=O) groups is 1. The van der Waals surface area contributed by atoms with E-state index in [4.69, 9.17) is 4.74 Å². The zero-order chi connectivity index (χ0) is 12.7. The number of rotatable bonds is 6. The van der Waals surface area contributed by atoms with E-state index in [2.05, 4.69) is 19.2 Å². The summed E-state index contributed by atoms with van der Waals surface area (Å²) in [6.45, 7) is 7.90. The molecule has 0 aliphatic carbocycles. The van der Waals surface area contributed by atoms with Gasteiger partial charge in [0.2, 0.25) is 0 Å². The van der Waals surface area contributed by atoms with Crippen molar-refractivity contribution in [2.75, 3.05) is 24.7 Å². The van der Waals surface area contributed by atoms with Gasteiger partial charge in [-0.05, 0) is 37.5 Å². The summed E-state index contributed by atoms with van der Waals surface area (Å²) in [5.74, 6) is 2.38. The Kier molecular flexibility index (Phi) is 6.34. The maximum atomic E-state index is 11.2. The molecule has 0 aromatic rings. The lowest BCUT2D eigenvalue weighted by Gasteiger charge is -2.38. The average molecular weight is 259 g/mol. The first-order chi connectivity index (χ1) is 8.06. The molecule has 0 spiro atoms. The molecule has 0 amide bonds. The second kappa shape index (κ2) is 7.27. The Balaban J connectivity index is 2.15. The van der Waals surface area contributed by atoms with Crippen LogP contribution in [0.4, 0.5) is 0 Å². The SMILES string of the molecule is CCOC(=O)CCCNC1CSCCC1(C)C. The van der Waals surface area contributed by atoms with Gasteiger partial charge in [-0.3, -0.25) is 4.79 Å². The Hall–Kier alpha value is -0.220. The first kappa shape index (κ1) is 14.8. The van der Waals surface area contributed by atoms with Crippen LogP contribution in [0.1, 0.15) is 40.0 Å². The highest BCUT2D eigenvalue weighted by Crippen LogP contribution is 2.33. The van der Waals surface area contributed by atoms with Gasteiger partial charge in [0.1, 0.15) is 0 Å². The van der Waals surface area contributed by atoms with Crippen LogP contribution in [-0.4, -0.2) is 36.7 Å². The monoisotopic (exact) mass is 259 g/mol. The van der Waals surface area contributed by atoms with Crippen LogP contribution in [0.15, 0.2) is 0 Å². The van der Waals surface area contributed by atoms with Crippen molar-refractivity contribution < 1.29 is 9.53 Å². The van der Waals surface area contributed by atoms with Crippen molar-refractivity contribution in [2.45, 2.75) is 46.1 Å². The largest absolute Gasteiger partial charge is 0.466 e. The predicted molar refractivity (Wildman–Crippen MR) is 73.4 cm³/mol. The average Bonchev–Trinajstić information content (AvgIpc) is 2.26. The maximum Gasteiger partial charge on any atom is 0.305 e. The number of esters is 1. The Morgan fingerprint density at radius 1 is 1.53 bits per heavy atom. The number of nitrogens with one attached hydrogen (secondary N) is 1. The van der Waals surface area contributed by atoms with Crippen molar-refractivity contribution in [3.05, 3.63) is 0 Å². The first-order valence-electron chi connectivity index (χ1n) is 6.53. The van der Waals surface area contributed by atoms with E-state index in [0.717, 1.165) is 13.0 Å². The van der Waals surface area contributed by atoms with Crippen LogP contribution >= 0.6 is 11.8 Å². The minimum Gasteiger partial charge on any atom is -0.466 e. The molecular weight excluding hydrogens is 234 g/mol. The number of thioether (sulfide) groups is 1. The topological polar surface area (TPSA) is 38.3 Å². The highest BCUT2D eigenvalue weighted by molar-refractivity contribution is 7.99. The molecule has 1 saturated heterocycles. The lowest BCUT2D eigenvalue weighted by molar-refractivity contribution is -0.143. The summed E-state index contributed by atoms with van der Waals surface area (Å²) in [4.78, 5) is 11.2. The third-order valence-corrected chi connectivity index (χ3v) is 4.43. The lowest BCUT2D eigenvalue weighted by atomic mass is 9.82. The van der Waals surface area contributed by atoms with Gasteiger partial charge in [0.15, 0.2) is 0 Å². The Labute approximate surface area is 109 Å². The fourth-order valence-electron chi connectivity index (χ4n) is 2.01. The molecule has 1 atom stereocenters. The molecule has 1 unspecified atom stereocenters. The Bertz CT molecular complexity index is 244. The third kappa shape index (κ3) is 5.30. The van der Waals surface area contributed by atoms with Crippen molar-refractivity contribution in [3.8, 4) is 0 Å². The minimum atomic E-state index is -0.0772. The number of hydrogen-bond donors (Lipinski definition) is 1. The molecule has 1 N–H and O–H groups in total. The molecule has 1 aliphatic rings. The van der Waals surface area contributed by atoms with Gasteiger partial charge in [-0.1, -0.05) is 13.8 Å². The molecule has 1 aliphatic heterocycles. The van der Waals surface area contributed by atoms with Crippen molar-refractivity contribution in [1.82, 2.24) is 5.32 Å². The highest BCUT2D eigenvalue weighted by atomic mass is 32.2. The van der Waals surface area contributed by atoms with E-state index in [0.29, 0.717) is 24.5 Å². The van der Waals surface area contributed by atoms with Crippen LogP contribution < -0.4 is 5.32 Å². The molecule has 4 heteroatoms. The summed E-state index contributed by atoms with van der Waals surface area (Å²) >= 11 is 2.02. The van der Waals surface area contributed by atoms with Crippen molar-refractivity contribution in [1.29, 1.82) is 0 Å². The normalized spacial score (nSPS) is 23.4. The van der Waals surface area contributed by atoms with Gasteiger partial charge in [0, 0.05) is 18.2 Å². The molecule has 1 fully saturated rings. The molecule has 17 heavy (non-hydrogen) atoms. The van der Waals surface area contributed by atoms with Crippen molar-refractivity contribution in [3.63, 3.8) is 0 Å². The molecular formula is C13H25NO2S. The van der Waals surface area contributed by atoms with Crippen LogP contribution in [-0.2, 0) is 9.53 Å². The van der Waals surface area contributed by atoms with Gasteiger partial charge in [-0.15, -0.1) is 0 Å². The van der Waals surface area contributed by atoms with Crippen molar-refractivity contribution in [2.24, 2.45) is 5.41 Å². The Morgan fingerprint density at radius 3 is 2.94 bits per heavy atom. The van der Waals surface area contributed by atoms with E-state index >= 15 is 0 Å². The van der Waals surface area contributed by atoms with E-state index in [1.807, 2.05) is 18.7 Å². The van der Waals surface area contributed by atoms with E-state index in [1.54, 1.807) is 0 Å². The molecule has 1 rings (SSSR count). The summed E-state index contributed by atoms with van der Waals surface area (Å²) < 4.78 is 4.90. The molecule has 0 saturated carbocycles. The molecule has 0 aromatic heterocycles. The van der Waals surface area contributed by atoms with Gasteiger partial charge in [-0.25, -0.2) is 0 Å². The van der Waals surface area contributed by atoms with E-state index in [1.165, 1.54) is 17.9 Å².